The van der Waals surface area contributed by atoms with Gasteiger partial charge in [0.2, 0.25) is 0 Å². The smallest absolute Gasteiger partial charge is 0.147 e. The molecule has 0 spiro atoms. The molecule has 0 amide bonds. The summed E-state index contributed by atoms with van der Waals surface area (Å²) in [5.41, 5.74) is -0.350. The number of aliphatic hydroxyl groups is 1. The van der Waals surface area contributed by atoms with Crippen molar-refractivity contribution in [3.05, 3.63) is 0 Å². The van der Waals surface area contributed by atoms with Crippen LogP contribution in [0.15, 0.2) is 0 Å². The van der Waals surface area contributed by atoms with Crippen molar-refractivity contribution in [1.29, 1.82) is 0 Å². The van der Waals surface area contributed by atoms with Gasteiger partial charge in [0.1, 0.15) is 5.78 Å². The predicted molar refractivity (Wildman–Crippen MR) is 111 cm³/mol. The van der Waals surface area contributed by atoms with Crippen LogP contribution >= 0.6 is 15.9 Å². The third-order valence-corrected chi connectivity index (χ3v) is 9.75. The van der Waals surface area contributed by atoms with E-state index in [4.69, 9.17) is 4.74 Å². The van der Waals surface area contributed by atoms with E-state index in [1.807, 2.05) is 6.92 Å². The molecule has 0 bridgehead atoms. The summed E-state index contributed by atoms with van der Waals surface area (Å²) in [6.45, 7) is 5.64. The SMILES string of the molecule is CCOC[C@@]1(O)CC[C@H]2[C@@H](CC[C@@H]3[C@@H]2CC[C@]2(C)C(C(=O)CBr)CC[C@@H]32)C1. The summed E-state index contributed by atoms with van der Waals surface area (Å²) in [4.78, 5) is 12.5. The summed E-state index contributed by atoms with van der Waals surface area (Å²) >= 11 is 3.42. The number of rotatable bonds is 5. The molecular formula is C23H37BrO3. The third kappa shape index (κ3) is 3.46. The molecule has 8 atom stereocenters. The Labute approximate surface area is 173 Å². The second-order valence-electron chi connectivity index (χ2n) is 10.3. The number of halogens is 1. The van der Waals surface area contributed by atoms with Gasteiger partial charge in [-0.05, 0) is 99.7 Å². The summed E-state index contributed by atoms with van der Waals surface area (Å²) in [5, 5.41) is 11.5. The van der Waals surface area contributed by atoms with Crippen molar-refractivity contribution >= 4 is 21.7 Å². The van der Waals surface area contributed by atoms with Crippen molar-refractivity contribution in [2.45, 2.75) is 77.2 Å². The number of Topliss-reactive ketones (excluding diaryl/α,β-unsaturated/α-hetero) is 1. The van der Waals surface area contributed by atoms with Crippen LogP contribution in [-0.2, 0) is 9.53 Å². The highest BCUT2D eigenvalue weighted by molar-refractivity contribution is 9.09. The maximum absolute atomic E-state index is 12.5. The number of ketones is 1. The largest absolute Gasteiger partial charge is 0.387 e. The summed E-state index contributed by atoms with van der Waals surface area (Å²) in [6, 6.07) is 0. The second kappa shape index (κ2) is 7.72. The third-order valence-electron chi connectivity index (χ3n) is 9.20. The zero-order valence-electron chi connectivity index (χ0n) is 17.1. The number of fused-ring (bicyclic) bond motifs is 5. The quantitative estimate of drug-likeness (QED) is 0.612. The van der Waals surface area contributed by atoms with E-state index in [9.17, 15) is 9.90 Å². The van der Waals surface area contributed by atoms with Crippen LogP contribution in [0.4, 0.5) is 0 Å². The van der Waals surface area contributed by atoms with Gasteiger partial charge in [0.05, 0.1) is 17.5 Å². The monoisotopic (exact) mass is 440 g/mol. The molecule has 0 aliphatic heterocycles. The van der Waals surface area contributed by atoms with E-state index in [2.05, 4.69) is 22.9 Å². The van der Waals surface area contributed by atoms with Crippen LogP contribution in [0, 0.1) is 40.9 Å². The van der Waals surface area contributed by atoms with Gasteiger partial charge in [0.15, 0.2) is 0 Å². The van der Waals surface area contributed by atoms with Crippen LogP contribution in [0.3, 0.4) is 0 Å². The fourth-order valence-corrected chi connectivity index (χ4v) is 8.40. The summed E-state index contributed by atoms with van der Waals surface area (Å²) in [7, 11) is 0. The van der Waals surface area contributed by atoms with Gasteiger partial charge in [-0.2, -0.15) is 0 Å². The summed E-state index contributed by atoms with van der Waals surface area (Å²) in [6.07, 6.45) is 10.5. The molecule has 27 heavy (non-hydrogen) atoms. The zero-order chi connectivity index (χ0) is 19.2. The average Bonchev–Trinajstić information content (AvgIpc) is 3.02. The molecular weight excluding hydrogens is 404 g/mol. The van der Waals surface area contributed by atoms with Crippen molar-refractivity contribution < 1.29 is 14.6 Å². The maximum Gasteiger partial charge on any atom is 0.147 e. The van der Waals surface area contributed by atoms with Crippen LogP contribution in [-0.4, -0.2) is 35.0 Å². The minimum atomic E-state index is -0.589. The van der Waals surface area contributed by atoms with Crippen molar-refractivity contribution in [2.24, 2.45) is 40.9 Å². The highest BCUT2D eigenvalue weighted by Crippen LogP contribution is 2.64. The van der Waals surface area contributed by atoms with E-state index in [1.165, 1.54) is 38.5 Å². The molecule has 0 aromatic rings. The van der Waals surface area contributed by atoms with Crippen molar-refractivity contribution in [2.75, 3.05) is 18.5 Å². The molecule has 3 nitrogen and oxygen atoms in total. The summed E-state index contributed by atoms with van der Waals surface area (Å²) in [5.74, 6) is 4.58. The van der Waals surface area contributed by atoms with Gasteiger partial charge < -0.3 is 9.84 Å². The van der Waals surface area contributed by atoms with Gasteiger partial charge in [0, 0.05) is 12.5 Å². The lowest BCUT2D eigenvalue weighted by molar-refractivity contribution is -0.136. The Hall–Kier alpha value is 0.0700. The highest BCUT2D eigenvalue weighted by Gasteiger charge is 2.58. The van der Waals surface area contributed by atoms with Gasteiger partial charge in [-0.1, -0.05) is 22.9 Å². The lowest BCUT2D eigenvalue weighted by Crippen LogP contribution is -2.52. The van der Waals surface area contributed by atoms with E-state index in [0.717, 1.165) is 42.9 Å². The normalized spacial score (nSPS) is 49.2. The predicted octanol–water partition coefficient (Wildman–Crippen LogP) is 4.99. The van der Waals surface area contributed by atoms with E-state index in [-0.39, 0.29) is 11.3 Å². The number of hydrogen-bond acceptors (Lipinski definition) is 3. The molecule has 4 aliphatic rings. The molecule has 4 aliphatic carbocycles. The molecule has 0 aromatic heterocycles. The molecule has 4 fully saturated rings. The minimum absolute atomic E-state index is 0.239. The van der Waals surface area contributed by atoms with Gasteiger partial charge in [-0.15, -0.1) is 0 Å². The Morgan fingerprint density at radius 3 is 2.59 bits per heavy atom. The number of carbonyl (C=O) groups is 1. The molecule has 1 N–H and O–H groups in total. The molecule has 0 heterocycles. The molecule has 4 rings (SSSR count). The van der Waals surface area contributed by atoms with Crippen LogP contribution < -0.4 is 0 Å². The second-order valence-corrected chi connectivity index (χ2v) is 10.9. The Bertz CT molecular complexity index is 566. The van der Waals surface area contributed by atoms with Crippen LogP contribution in [0.2, 0.25) is 0 Å². The minimum Gasteiger partial charge on any atom is -0.387 e. The first-order valence-corrected chi connectivity index (χ1v) is 12.4. The van der Waals surface area contributed by atoms with Crippen LogP contribution in [0.5, 0.6) is 0 Å². The Kier molecular flexibility index (Phi) is 5.82. The van der Waals surface area contributed by atoms with Gasteiger partial charge >= 0.3 is 0 Å². The van der Waals surface area contributed by atoms with E-state index in [0.29, 0.717) is 30.2 Å². The van der Waals surface area contributed by atoms with Crippen LogP contribution in [0.1, 0.15) is 71.6 Å². The van der Waals surface area contributed by atoms with Crippen LogP contribution in [0.25, 0.3) is 0 Å². The van der Waals surface area contributed by atoms with Gasteiger partial charge in [-0.3, -0.25) is 4.79 Å². The van der Waals surface area contributed by atoms with E-state index < -0.39 is 5.60 Å². The van der Waals surface area contributed by atoms with Gasteiger partial charge in [-0.25, -0.2) is 0 Å². The molecule has 0 aromatic carbocycles. The number of carbonyl (C=O) groups excluding carboxylic acids is 1. The molecule has 154 valence electrons. The Balaban J connectivity index is 1.47. The lowest BCUT2D eigenvalue weighted by atomic mass is 9.49. The van der Waals surface area contributed by atoms with Crippen molar-refractivity contribution in [1.82, 2.24) is 0 Å². The number of alkyl halides is 1. The molecule has 0 saturated heterocycles. The first-order chi connectivity index (χ1) is 12.9. The Morgan fingerprint density at radius 1 is 1.07 bits per heavy atom. The zero-order valence-corrected chi connectivity index (χ0v) is 18.7. The highest BCUT2D eigenvalue weighted by atomic mass is 79.9. The molecule has 4 saturated carbocycles. The number of ether oxygens (including phenoxy) is 1. The van der Waals surface area contributed by atoms with E-state index >= 15 is 0 Å². The molecule has 0 radical (unpaired) electrons. The number of hydrogen-bond donors (Lipinski definition) is 1. The average molecular weight is 441 g/mol. The summed E-state index contributed by atoms with van der Waals surface area (Å²) < 4.78 is 5.59. The Morgan fingerprint density at radius 2 is 1.85 bits per heavy atom. The maximum atomic E-state index is 12.5. The van der Waals surface area contributed by atoms with Crippen molar-refractivity contribution in [3.63, 3.8) is 0 Å². The molecule has 4 heteroatoms. The first kappa shape index (κ1) is 20.3. The topological polar surface area (TPSA) is 46.5 Å². The molecule has 1 unspecified atom stereocenters. The van der Waals surface area contributed by atoms with Gasteiger partial charge in [0.25, 0.3) is 0 Å². The van der Waals surface area contributed by atoms with E-state index in [1.54, 1.807) is 0 Å². The fraction of sp³-hybridized carbons (Fsp3) is 0.957. The van der Waals surface area contributed by atoms with Crippen molar-refractivity contribution in [3.8, 4) is 0 Å². The standard InChI is InChI=1S/C23H37BrO3/c1-3-27-14-23(26)11-9-16-15(12-23)4-5-18-17(16)8-10-22(2)19(18)6-7-20(22)21(25)13-24/h15-20,26H,3-14H2,1-2H3/t15-,16-,17+,18+,19-,20?,22-,23+/m0/s1. The first-order valence-electron chi connectivity index (χ1n) is 11.3. The fourth-order valence-electron chi connectivity index (χ4n) is 8.01. The lowest BCUT2D eigenvalue weighted by Gasteiger charge is -2.57.